The van der Waals surface area contributed by atoms with Crippen molar-refractivity contribution in [2.24, 2.45) is 0 Å². The number of carbonyl (C=O) groups excluding carboxylic acids is 2. The van der Waals surface area contributed by atoms with Gasteiger partial charge in [0.15, 0.2) is 0 Å². The summed E-state index contributed by atoms with van der Waals surface area (Å²) in [4.78, 5) is 31.5. The largest absolute Gasteiger partial charge is 0.365 e. The Morgan fingerprint density at radius 2 is 1.64 bits per heavy atom. The molecule has 4 rings (SSSR count). The highest BCUT2D eigenvalue weighted by atomic mass is 35.5. The number of hydrogen-bond acceptors (Lipinski definition) is 4. The van der Waals surface area contributed by atoms with Crippen molar-refractivity contribution in [1.29, 1.82) is 0 Å². The van der Waals surface area contributed by atoms with Gasteiger partial charge < -0.3 is 20.0 Å². The molecule has 0 saturated carbocycles. The van der Waals surface area contributed by atoms with Crippen molar-refractivity contribution in [3.63, 3.8) is 0 Å². The summed E-state index contributed by atoms with van der Waals surface area (Å²) >= 11 is 12.2. The molecule has 39 heavy (non-hydrogen) atoms. The van der Waals surface area contributed by atoms with Gasteiger partial charge >= 0.3 is 0 Å². The Kier molecular flexibility index (Phi) is 9.49. The Balaban J connectivity index is 1.56. The van der Waals surface area contributed by atoms with Crippen molar-refractivity contribution in [3.05, 3.63) is 87.7 Å². The molecule has 0 radical (unpaired) electrons. The van der Waals surface area contributed by atoms with Crippen molar-refractivity contribution in [3.8, 4) is 11.1 Å². The van der Waals surface area contributed by atoms with E-state index >= 15 is 0 Å². The van der Waals surface area contributed by atoms with E-state index < -0.39 is 5.82 Å². The van der Waals surface area contributed by atoms with E-state index in [4.69, 9.17) is 23.2 Å². The lowest BCUT2D eigenvalue weighted by molar-refractivity contribution is -0.131. The predicted molar refractivity (Wildman–Crippen MR) is 156 cm³/mol. The van der Waals surface area contributed by atoms with E-state index in [2.05, 4.69) is 10.2 Å². The predicted octanol–water partition coefficient (Wildman–Crippen LogP) is 5.89. The first kappa shape index (κ1) is 28.9. The van der Waals surface area contributed by atoms with Gasteiger partial charge in [-0.15, -0.1) is 0 Å². The second-order valence-electron chi connectivity index (χ2n) is 9.91. The van der Waals surface area contributed by atoms with E-state index in [0.717, 1.165) is 49.3 Å². The fourth-order valence-corrected chi connectivity index (χ4v) is 5.19. The second kappa shape index (κ2) is 12.8. The van der Waals surface area contributed by atoms with Crippen LogP contribution in [0.3, 0.4) is 0 Å². The van der Waals surface area contributed by atoms with Crippen molar-refractivity contribution in [2.45, 2.75) is 18.9 Å². The molecular formula is C30H33Cl2FN4O2. The molecule has 0 aliphatic carbocycles. The van der Waals surface area contributed by atoms with Gasteiger partial charge in [-0.2, -0.15) is 0 Å². The Labute approximate surface area is 239 Å². The minimum Gasteiger partial charge on any atom is -0.365 e. The van der Waals surface area contributed by atoms with Crippen LogP contribution in [0.1, 0.15) is 34.8 Å². The highest BCUT2D eigenvalue weighted by Gasteiger charge is 2.26. The van der Waals surface area contributed by atoms with E-state index in [-0.39, 0.29) is 30.0 Å². The van der Waals surface area contributed by atoms with Crippen LogP contribution in [0.4, 0.5) is 10.1 Å². The number of hydrogen-bond donors (Lipinski definition) is 1. The summed E-state index contributed by atoms with van der Waals surface area (Å²) in [6.07, 6.45) is 2.30. The molecule has 1 N–H and O–H groups in total. The summed E-state index contributed by atoms with van der Waals surface area (Å²) in [5.41, 5.74) is 3.46. The number of anilines is 1. The van der Waals surface area contributed by atoms with Crippen LogP contribution in [-0.4, -0.2) is 68.9 Å². The third-order valence-electron chi connectivity index (χ3n) is 7.22. The molecule has 1 aliphatic heterocycles. The van der Waals surface area contributed by atoms with Crippen molar-refractivity contribution in [1.82, 2.24) is 15.1 Å². The molecule has 1 fully saturated rings. The number of amides is 2. The number of halogens is 3. The van der Waals surface area contributed by atoms with Crippen LogP contribution in [0.2, 0.25) is 10.0 Å². The molecule has 1 saturated heterocycles. The number of likely N-dealkylation sites (tertiary alicyclic amines) is 1. The highest BCUT2D eigenvalue weighted by Crippen LogP contribution is 2.29. The minimum atomic E-state index is -0.474. The molecule has 0 spiro atoms. The Bertz CT molecular complexity index is 1330. The van der Waals surface area contributed by atoms with Crippen LogP contribution in [-0.2, 0) is 4.79 Å². The van der Waals surface area contributed by atoms with E-state index in [1.54, 1.807) is 23.1 Å². The molecule has 1 unspecified atom stereocenters. The smallest absolute Gasteiger partial charge is 0.251 e. The van der Waals surface area contributed by atoms with Gasteiger partial charge in [0.2, 0.25) is 5.91 Å². The van der Waals surface area contributed by atoms with E-state index in [9.17, 15) is 14.0 Å². The Hall–Kier alpha value is -3.13. The molecule has 3 aromatic carbocycles. The molecule has 1 atom stereocenters. The van der Waals surface area contributed by atoms with Gasteiger partial charge in [0.25, 0.3) is 5.91 Å². The first-order valence-corrected chi connectivity index (χ1v) is 13.7. The minimum absolute atomic E-state index is 0.0304. The molecule has 1 aliphatic rings. The topological polar surface area (TPSA) is 55.9 Å². The molecule has 206 valence electrons. The molecular weight excluding hydrogens is 538 g/mol. The van der Waals surface area contributed by atoms with Crippen LogP contribution in [0.15, 0.2) is 60.7 Å². The van der Waals surface area contributed by atoms with E-state index in [1.165, 1.54) is 19.2 Å². The van der Waals surface area contributed by atoms with Gasteiger partial charge in [0.05, 0.1) is 22.6 Å². The average molecular weight is 572 g/mol. The molecule has 2 amide bonds. The lowest BCUT2D eigenvalue weighted by Crippen LogP contribution is -2.42. The fraction of sp³-hybridized carbons (Fsp3) is 0.333. The van der Waals surface area contributed by atoms with Gasteiger partial charge in [0, 0.05) is 38.9 Å². The third kappa shape index (κ3) is 7.10. The van der Waals surface area contributed by atoms with Gasteiger partial charge in [-0.25, -0.2) is 4.39 Å². The van der Waals surface area contributed by atoms with Crippen LogP contribution < -0.4 is 10.2 Å². The molecule has 1 heterocycles. The summed E-state index contributed by atoms with van der Waals surface area (Å²) in [5, 5.41) is 3.44. The highest BCUT2D eigenvalue weighted by molar-refractivity contribution is 6.42. The van der Waals surface area contributed by atoms with E-state index in [1.807, 2.05) is 49.3 Å². The van der Waals surface area contributed by atoms with Crippen LogP contribution >= 0.6 is 23.2 Å². The number of carbonyl (C=O) groups is 2. The first-order valence-electron chi connectivity index (χ1n) is 12.9. The van der Waals surface area contributed by atoms with Crippen molar-refractivity contribution in [2.75, 3.05) is 52.2 Å². The number of benzene rings is 3. The lowest BCUT2D eigenvalue weighted by atomic mass is 9.98. The van der Waals surface area contributed by atoms with Crippen molar-refractivity contribution >= 4 is 40.7 Å². The van der Waals surface area contributed by atoms with Crippen LogP contribution in [0.25, 0.3) is 11.1 Å². The molecule has 0 bridgehead atoms. The van der Waals surface area contributed by atoms with Gasteiger partial charge in [-0.1, -0.05) is 47.5 Å². The normalized spacial score (nSPS) is 14.2. The number of nitrogens with one attached hydrogen (secondary N) is 1. The summed E-state index contributed by atoms with van der Waals surface area (Å²) in [6.45, 7) is 2.91. The average Bonchev–Trinajstić information content (AvgIpc) is 3.45. The third-order valence-corrected chi connectivity index (χ3v) is 7.96. The van der Waals surface area contributed by atoms with Gasteiger partial charge in [-0.3, -0.25) is 9.59 Å². The maximum atomic E-state index is 14.3. The second-order valence-corrected chi connectivity index (χ2v) is 10.7. The van der Waals surface area contributed by atoms with Gasteiger partial charge in [-0.05, 0) is 79.0 Å². The fourth-order valence-electron chi connectivity index (χ4n) is 4.89. The standard InChI is InChI=1S/C30H33Cl2FN4O2/c1-34-30(39)23-14-22(15-24(33)16-23)20-6-8-21(9-7-20)28(18-37-12-4-5-13-37)36(3)29(38)19-35(2)25-10-11-26(31)27(32)17-25/h6-11,14-17,28H,4-5,12-13,18-19H2,1-3H3,(H,34,39). The molecule has 3 aromatic rings. The van der Waals surface area contributed by atoms with Crippen LogP contribution in [0.5, 0.6) is 0 Å². The van der Waals surface area contributed by atoms with Gasteiger partial charge in [0.1, 0.15) is 5.82 Å². The number of nitrogens with zero attached hydrogens (tertiary/aromatic N) is 3. The van der Waals surface area contributed by atoms with E-state index in [0.29, 0.717) is 15.6 Å². The number of likely N-dealkylation sites (N-methyl/N-ethyl adjacent to an activating group) is 2. The monoisotopic (exact) mass is 570 g/mol. The van der Waals surface area contributed by atoms with Crippen LogP contribution in [0, 0.1) is 5.82 Å². The Morgan fingerprint density at radius 3 is 2.28 bits per heavy atom. The number of rotatable bonds is 9. The zero-order valence-electron chi connectivity index (χ0n) is 22.4. The molecule has 6 nitrogen and oxygen atoms in total. The maximum Gasteiger partial charge on any atom is 0.251 e. The lowest BCUT2D eigenvalue weighted by Gasteiger charge is -2.33. The quantitative estimate of drug-likeness (QED) is 0.348. The zero-order valence-corrected chi connectivity index (χ0v) is 23.9. The SMILES string of the molecule is CNC(=O)c1cc(F)cc(-c2ccc(C(CN3CCCC3)N(C)C(=O)CN(C)c3ccc(Cl)c(Cl)c3)cc2)c1. The summed E-state index contributed by atoms with van der Waals surface area (Å²) < 4.78 is 14.3. The maximum absolute atomic E-state index is 14.3. The summed E-state index contributed by atoms with van der Waals surface area (Å²) in [6, 6.07) is 17.2. The zero-order chi connectivity index (χ0) is 28.1. The summed E-state index contributed by atoms with van der Waals surface area (Å²) in [5.74, 6) is -0.847. The summed E-state index contributed by atoms with van der Waals surface area (Å²) in [7, 11) is 5.20. The first-order chi connectivity index (χ1) is 18.7. The molecule has 9 heteroatoms. The van der Waals surface area contributed by atoms with Crippen molar-refractivity contribution < 1.29 is 14.0 Å². The Morgan fingerprint density at radius 1 is 0.949 bits per heavy atom. The molecule has 0 aromatic heterocycles.